The zero-order valence-electron chi connectivity index (χ0n) is 12.5. The van der Waals surface area contributed by atoms with Gasteiger partial charge in [0.05, 0.1) is 12.5 Å². The maximum absolute atomic E-state index is 11.3. The summed E-state index contributed by atoms with van der Waals surface area (Å²) < 4.78 is 10.6. The number of aliphatic hydroxyl groups is 2. The first-order valence-corrected chi connectivity index (χ1v) is 8.03. The standard InChI is InChI=1S/C17H19ClO5/c18-10-2-1-3-12(6-10)22-9-11(19)4-5-13-14-7-17(21)23-16(14)8-15(13)20/h1-6,11,13-16,19-20H,7-9H2/b5-4+/t11?,13-,14?,15-,16?/m1/s1. The highest BCUT2D eigenvalue weighted by atomic mass is 35.5. The first-order chi connectivity index (χ1) is 11.0. The first-order valence-electron chi connectivity index (χ1n) is 7.65. The Balaban J connectivity index is 1.53. The highest BCUT2D eigenvalue weighted by Crippen LogP contribution is 2.42. The molecule has 124 valence electrons. The zero-order chi connectivity index (χ0) is 16.4. The smallest absolute Gasteiger partial charge is 0.306 e. The molecule has 0 bridgehead atoms. The van der Waals surface area contributed by atoms with E-state index in [9.17, 15) is 15.0 Å². The van der Waals surface area contributed by atoms with E-state index in [-0.39, 0.29) is 30.5 Å². The predicted octanol–water partition coefficient (Wildman–Crippen LogP) is 1.95. The fourth-order valence-corrected chi connectivity index (χ4v) is 3.42. The fourth-order valence-electron chi connectivity index (χ4n) is 3.24. The number of rotatable bonds is 5. The van der Waals surface area contributed by atoms with Crippen LogP contribution >= 0.6 is 11.6 Å². The lowest BCUT2D eigenvalue weighted by atomic mass is 9.91. The molecule has 5 atom stereocenters. The number of aliphatic hydroxyl groups excluding tert-OH is 2. The van der Waals surface area contributed by atoms with Crippen molar-refractivity contribution in [1.82, 2.24) is 0 Å². The van der Waals surface area contributed by atoms with Crippen LogP contribution in [0.15, 0.2) is 36.4 Å². The van der Waals surface area contributed by atoms with Gasteiger partial charge in [0.25, 0.3) is 0 Å². The minimum absolute atomic E-state index is 0.00482. The summed E-state index contributed by atoms with van der Waals surface area (Å²) in [6.45, 7) is 0.0865. The highest BCUT2D eigenvalue weighted by molar-refractivity contribution is 6.30. The summed E-state index contributed by atoms with van der Waals surface area (Å²) in [5.41, 5.74) is 0. The summed E-state index contributed by atoms with van der Waals surface area (Å²) in [6.07, 6.45) is 2.60. The third-order valence-electron chi connectivity index (χ3n) is 4.35. The van der Waals surface area contributed by atoms with Gasteiger partial charge in [-0.05, 0) is 18.2 Å². The van der Waals surface area contributed by atoms with Gasteiger partial charge in [0.15, 0.2) is 0 Å². The Morgan fingerprint density at radius 3 is 3.09 bits per heavy atom. The largest absolute Gasteiger partial charge is 0.491 e. The Kier molecular flexibility index (Phi) is 4.90. The minimum atomic E-state index is -0.807. The van der Waals surface area contributed by atoms with Crippen molar-refractivity contribution in [2.75, 3.05) is 6.61 Å². The van der Waals surface area contributed by atoms with Crippen LogP contribution in [0.1, 0.15) is 12.8 Å². The molecule has 1 aromatic carbocycles. The molecule has 2 fully saturated rings. The van der Waals surface area contributed by atoms with Crippen molar-refractivity contribution in [3.05, 3.63) is 41.4 Å². The molecule has 0 aromatic heterocycles. The van der Waals surface area contributed by atoms with Crippen LogP contribution in [0, 0.1) is 11.8 Å². The molecule has 0 amide bonds. The van der Waals surface area contributed by atoms with Gasteiger partial charge in [-0.15, -0.1) is 0 Å². The number of ether oxygens (including phenoxy) is 2. The second-order valence-corrected chi connectivity index (χ2v) is 6.43. The van der Waals surface area contributed by atoms with E-state index in [0.29, 0.717) is 23.6 Å². The normalized spacial score (nSPS) is 31.2. The van der Waals surface area contributed by atoms with Gasteiger partial charge in [0.1, 0.15) is 24.6 Å². The van der Waals surface area contributed by atoms with Gasteiger partial charge < -0.3 is 19.7 Å². The van der Waals surface area contributed by atoms with Crippen LogP contribution < -0.4 is 4.74 Å². The van der Waals surface area contributed by atoms with Gasteiger partial charge >= 0.3 is 5.97 Å². The van der Waals surface area contributed by atoms with E-state index in [1.54, 1.807) is 36.4 Å². The second kappa shape index (κ2) is 6.91. The van der Waals surface area contributed by atoms with Gasteiger partial charge in [-0.25, -0.2) is 0 Å². The number of fused-ring (bicyclic) bond motifs is 1. The maximum Gasteiger partial charge on any atom is 0.306 e. The van der Waals surface area contributed by atoms with Crippen molar-refractivity contribution >= 4 is 17.6 Å². The van der Waals surface area contributed by atoms with Crippen molar-refractivity contribution in [3.63, 3.8) is 0 Å². The van der Waals surface area contributed by atoms with Crippen LogP contribution in [0.25, 0.3) is 0 Å². The Labute approximate surface area is 139 Å². The molecule has 23 heavy (non-hydrogen) atoms. The molecule has 1 heterocycles. The Morgan fingerprint density at radius 1 is 1.48 bits per heavy atom. The summed E-state index contributed by atoms with van der Waals surface area (Å²) in [7, 11) is 0. The lowest BCUT2D eigenvalue weighted by Gasteiger charge is -2.15. The van der Waals surface area contributed by atoms with E-state index in [1.165, 1.54) is 0 Å². The molecule has 2 aliphatic rings. The van der Waals surface area contributed by atoms with Crippen LogP contribution in [0.3, 0.4) is 0 Å². The van der Waals surface area contributed by atoms with Crippen LogP contribution in [-0.4, -0.2) is 41.1 Å². The number of hydrogen-bond acceptors (Lipinski definition) is 5. The molecule has 6 heteroatoms. The van der Waals surface area contributed by atoms with Gasteiger partial charge in [0.2, 0.25) is 0 Å². The number of carbonyl (C=O) groups is 1. The van der Waals surface area contributed by atoms with E-state index in [2.05, 4.69) is 0 Å². The minimum Gasteiger partial charge on any atom is -0.491 e. The molecule has 1 saturated heterocycles. The Morgan fingerprint density at radius 2 is 2.30 bits per heavy atom. The van der Waals surface area contributed by atoms with Crippen molar-refractivity contribution in [3.8, 4) is 5.75 Å². The van der Waals surface area contributed by atoms with E-state index >= 15 is 0 Å². The molecular weight excluding hydrogens is 320 g/mol. The quantitative estimate of drug-likeness (QED) is 0.634. The molecule has 1 aliphatic carbocycles. The van der Waals surface area contributed by atoms with Crippen LogP contribution in [0.2, 0.25) is 5.02 Å². The van der Waals surface area contributed by atoms with Gasteiger partial charge in [-0.1, -0.05) is 29.8 Å². The number of hydrogen-bond donors (Lipinski definition) is 2. The third-order valence-corrected chi connectivity index (χ3v) is 4.58. The summed E-state index contributed by atoms with van der Waals surface area (Å²) in [5.74, 6) is 0.193. The maximum atomic E-state index is 11.3. The van der Waals surface area contributed by atoms with Gasteiger partial charge in [0, 0.05) is 23.3 Å². The summed E-state index contributed by atoms with van der Waals surface area (Å²) >= 11 is 5.86. The van der Waals surface area contributed by atoms with E-state index in [0.717, 1.165) is 0 Å². The van der Waals surface area contributed by atoms with E-state index in [4.69, 9.17) is 21.1 Å². The Hall–Kier alpha value is -1.56. The topological polar surface area (TPSA) is 76.0 Å². The molecule has 3 unspecified atom stereocenters. The molecule has 1 aromatic rings. The zero-order valence-corrected chi connectivity index (χ0v) is 13.2. The lowest BCUT2D eigenvalue weighted by Crippen LogP contribution is -2.20. The lowest BCUT2D eigenvalue weighted by molar-refractivity contribution is -0.141. The van der Waals surface area contributed by atoms with Crippen molar-refractivity contribution < 1.29 is 24.5 Å². The molecule has 1 aliphatic heterocycles. The SMILES string of the molecule is O=C1CC2C(C[C@@H](O)[C@@H]2/C=C/C(O)COc2cccc(Cl)c2)O1. The third kappa shape index (κ3) is 3.86. The molecule has 0 spiro atoms. The molecule has 2 N–H and O–H groups in total. The number of halogens is 1. The summed E-state index contributed by atoms with van der Waals surface area (Å²) in [6, 6.07) is 6.94. The van der Waals surface area contributed by atoms with Gasteiger partial charge in [-0.3, -0.25) is 4.79 Å². The highest BCUT2D eigenvalue weighted by Gasteiger charge is 2.48. The van der Waals surface area contributed by atoms with Crippen molar-refractivity contribution in [1.29, 1.82) is 0 Å². The molecule has 5 nitrogen and oxygen atoms in total. The number of esters is 1. The summed E-state index contributed by atoms with van der Waals surface area (Å²) in [5, 5.41) is 20.6. The monoisotopic (exact) mass is 338 g/mol. The summed E-state index contributed by atoms with van der Waals surface area (Å²) in [4.78, 5) is 11.3. The predicted molar refractivity (Wildman–Crippen MR) is 84.2 cm³/mol. The fraction of sp³-hybridized carbons (Fsp3) is 0.471. The van der Waals surface area contributed by atoms with Crippen molar-refractivity contribution in [2.24, 2.45) is 11.8 Å². The van der Waals surface area contributed by atoms with Crippen molar-refractivity contribution in [2.45, 2.75) is 31.2 Å². The number of carbonyl (C=O) groups excluding carboxylic acids is 1. The average molecular weight is 339 g/mol. The molecule has 3 rings (SSSR count). The molecular formula is C17H19ClO5. The van der Waals surface area contributed by atoms with E-state index < -0.39 is 12.2 Å². The van der Waals surface area contributed by atoms with Gasteiger partial charge in [-0.2, -0.15) is 0 Å². The second-order valence-electron chi connectivity index (χ2n) is 6.00. The van der Waals surface area contributed by atoms with Crippen LogP contribution in [0.4, 0.5) is 0 Å². The molecule has 0 radical (unpaired) electrons. The Bertz CT molecular complexity index is 602. The first kappa shape index (κ1) is 16.3. The number of benzene rings is 1. The molecule has 1 saturated carbocycles. The van der Waals surface area contributed by atoms with E-state index in [1.807, 2.05) is 0 Å². The van der Waals surface area contributed by atoms with Crippen LogP contribution in [0.5, 0.6) is 5.75 Å². The van der Waals surface area contributed by atoms with Crippen LogP contribution in [-0.2, 0) is 9.53 Å². The average Bonchev–Trinajstić information content (AvgIpc) is 2.98.